The number of nitrogens with zero attached hydrogens (tertiary/aromatic N) is 1. The number of rotatable bonds is 3. The highest BCUT2D eigenvalue weighted by molar-refractivity contribution is 7.11. The van der Waals surface area contributed by atoms with Gasteiger partial charge in [-0.1, -0.05) is 0 Å². The van der Waals surface area contributed by atoms with Crippen molar-refractivity contribution in [2.45, 2.75) is 26.8 Å². The summed E-state index contributed by atoms with van der Waals surface area (Å²) >= 11 is 1.65. The Kier molecular flexibility index (Phi) is 3.80. The predicted octanol–water partition coefficient (Wildman–Crippen LogP) is 2.06. The number of urea groups is 1. The van der Waals surface area contributed by atoms with Crippen LogP contribution in [0.15, 0.2) is 12.1 Å². The van der Waals surface area contributed by atoms with Crippen molar-refractivity contribution in [2.75, 3.05) is 13.1 Å². The molecule has 104 valence electrons. The second-order valence-corrected chi connectivity index (χ2v) is 6.58. The quantitative estimate of drug-likeness (QED) is 0.891. The molecule has 0 aromatic carbocycles. The van der Waals surface area contributed by atoms with Crippen LogP contribution >= 0.6 is 11.3 Å². The molecule has 1 atom stereocenters. The molecule has 1 aliphatic rings. The van der Waals surface area contributed by atoms with Crippen molar-refractivity contribution in [3.63, 3.8) is 0 Å². The fraction of sp³-hybridized carbons (Fsp3) is 0.538. The average Bonchev–Trinajstić information content (AvgIpc) is 2.94. The Morgan fingerprint density at radius 3 is 2.79 bits per heavy atom. The van der Waals surface area contributed by atoms with Gasteiger partial charge in [0.05, 0.1) is 12.0 Å². The molecule has 6 heteroatoms. The molecule has 0 bridgehead atoms. The number of hydrogen-bond acceptors (Lipinski definition) is 3. The van der Waals surface area contributed by atoms with Crippen LogP contribution in [0.3, 0.4) is 0 Å². The molecule has 1 saturated heterocycles. The molecule has 0 aliphatic carbocycles. The first kappa shape index (κ1) is 13.9. The molecule has 2 N–H and O–H groups in total. The monoisotopic (exact) mass is 282 g/mol. The molecule has 5 nitrogen and oxygen atoms in total. The Labute approximate surface area is 116 Å². The van der Waals surface area contributed by atoms with Crippen molar-refractivity contribution in [3.05, 3.63) is 21.9 Å². The van der Waals surface area contributed by atoms with Crippen molar-refractivity contribution >= 4 is 23.3 Å². The number of carboxylic acid groups (broad SMARTS) is 1. The first-order valence-electron chi connectivity index (χ1n) is 6.22. The summed E-state index contributed by atoms with van der Waals surface area (Å²) in [7, 11) is 0. The largest absolute Gasteiger partial charge is 0.481 e. The lowest BCUT2D eigenvalue weighted by atomic mass is 9.90. The number of amides is 2. The number of likely N-dealkylation sites (tertiary alicyclic amines) is 1. The second kappa shape index (κ2) is 5.21. The molecule has 0 saturated carbocycles. The van der Waals surface area contributed by atoms with E-state index in [9.17, 15) is 9.59 Å². The van der Waals surface area contributed by atoms with E-state index < -0.39 is 11.4 Å². The van der Waals surface area contributed by atoms with Crippen LogP contribution in [-0.2, 0) is 11.3 Å². The van der Waals surface area contributed by atoms with E-state index in [2.05, 4.69) is 5.32 Å². The molecule has 1 fully saturated rings. The normalized spacial score (nSPS) is 22.5. The summed E-state index contributed by atoms with van der Waals surface area (Å²) in [5, 5.41) is 12.0. The average molecular weight is 282 g/mol. The van der Waals surface area contributed by atoms with E-state index in [1.807, 2.05) is 19.1 Å². The molecule has 1 aromatic rings. The van der Waals surface area contributed by atoms with Crippen LogP contribution in [0.2, 0.25) is 0 Å². The number of aliphatic carboxylic acids is 1. The molecule has 2 heterocycles. The molecule has 2 amide bonds. The van der Waals surface area contributed by atoms with Crippen molar-refractivity contribution in [1.29, 1.82) is 0 Å². The van der Waals surface area contributed by atoms with Gasteiger partial charge in [-0.05, 0) is 32.4 Å². The molecule has 2 rings (SSSR count). The van der Waals surface area contributed by atoms with Gasteiger partial charge in [0.25, 0.3) is 0 Å². The number of carbonyl (C=O) groups excluding carboxylic acids is 1. The SMILES string of the molecule is Cc1ccc(CNC(=O)N2CCC(C)(C(=O)O)C2)s1. The number of carbonyl (C=O) groups is 2. The molecule has 0 radical (unpaired) electrons. The van der Waals surface area contributed by atoms with Gasteiger partial charge in [-0.25, -0.2) is 4.79 Å². The fourth-order valence-electron chi connectivity index (χ4n) is 2.16. The van der Waals surface area contributed by atoms with Crippen LogP contribution in [0.25, 0.3) is 0 Å². The Balaban J connectivity index is 1.86. The maximum Gasteiger partial charge on any atom is 0.317 e. The Morgan fingerprint density at radius 1 is 1.53 bits per heavy atom. The van der Waals surface area contributed by atoms with Crippen LogP contribution in [0.4, 0.5) is 4.79 Å². The fourth-order valence-corrected chi connectivity index (χ4v) is 2.99. The smallest absolute Gasteiger partial charge is 0.317 e. The molecule has 19 heavy (non-hydrogen) atoms. The van der Waals surface area contributed by atoms with Crippen LogP contribution in [-0.4, -0.2) is 35.1 Å². The summed E-state index contributed by atoms with van der Waals surface area (Å²) < 4.78 is 0. The van der Waals surface area contributed by atoms with Gasteiger partial charge in [-0.15, -0.1) is 11.3 Å². The third kappa shape index (κ3) is 3.07. The molecular weight excluding hydrogens is 264 g/mol. The van der Waals surface area contributed by atoms with E-state index in [1.165, 1.54) is 4.88 Å². The van der Waals surface area contributed by atoms with Crippen LogP contribution in [0.5, 0.6) is 0 Å². The lowest BCUT2D eigenvalue weighted by Gasteiger charge is -2.20. The van der Waals surface area contributed by atoms with Crippen molar-refractivity contribution in [1.82, 2.24) is 10.2 Å². The van der Waals surface area contributed by atoms with Crippen LogP contribution in [0.1, 0.15) is 23.1 Å². The topological polar surface area (TPSA) is 69.6 Å². The predicted molar refractivity (Wildman–Crippen MR) is 73.2 cm³/mol. The first-order valence-corrected chi connectivity index (χ1v) is 7.04. The van der Waals surface area contributed by atoms with Gasteiger partial charge in [0.15, 0.2) is 0 Å². The van der Waals surface area contributed by atoms with Crippen molar-refractivity contribution in [3.8, 4) is 0 Å². The summed E-state index contributed by atoms with van der Waals surface area (Å²) in [6, 6.07) is 3.82. The maximum atomic E-state index is 12.0. The Bertz CT molecular complexity index is 500. The zero-order chi connectivity index (χ0) is 14.0. The summed E-state index contributed by atoms with van der Waals surface area (Å²) in [4.78, 5) is 27.0. The van der Waals surface area contributed by atoms with Crippen LogP contribution < -0.4 is 5.32 Å². The molecule has 0 spiro atoms. The van der Waals surface area contributed by atoms with Gasteiger partial charge in [0.2, 0.25) is 0 Å². The van der Waals surface area contributed by atoms with Gasteiger partial charge in [-0.2, -0.15) is 0 Å². The number of thiophene rings is 1. The van der Waals surface area contributed by atoms with Gasteiger partial charge < -0.3 is 15.3 Å². The zero-order valence-corrected chi connectivity index (χ0v) is 11.9. The van der Waals surface area contributed by atoms with E-state index in [0.29, 0.717) is 19.5 Å². The second-order valence-electron chi connectivity index (χ2n) is 5.21. The van der Waals surface area contributed by atoms with E-state index in [-0.39, 0.29) is 12.6 Å². The van der Waals surface area contributed by atoms with Gasteiger partial charge in [0, 0.05) is 22.8 Å². The third-order valence-corrected chi connectivity index (χ3v) is 4.49. The highest BCUT2D eigenvalue weighted by Gasteiger charge is 2.42. The van der Waals surface area contributed by atoms with E-state index in [4.69, 9.17) is 5.11 Å². The molecule has 1 unspecified atom stereocenters. The molecule has 1 aliphatic heterocycles. The van der Waals surface area contributed by atoms with Gasteiger partial charge in [0.1, 0.15) is 0 Å². The lowest BCUT2D eigenvalue weighted by Crippen LogP contribution is -2.40. The summed E-state index contributed by atoms with van der Waals surface area (Å²) in [5.74, 6) is -0.836. The minimum absolute atomic E-state index is 0.184. The maximum absolute atomic E-state index is 12.0. The number of aryl methyl sites for hydroxylation is 1. The summed E-state index contributed by atoms with van der Waals surface area (Å²) in [6.45, 7) is 4.98. The molecule has 1 aromatic heterocycles. The van der Waals surface area contributed by atoms with Gasteiger partial charge >= 0.3 is 12.0 Å². The number of carboxylic acids is 1. The Morgan fingerprint density at radius 2 is 2.26 bits per heavy atom. The standard InChI is InChI=1S/C13H18N2O3S/c1-9-3-4-10(19-9)7-14-12(18)15-6-5-13(2,8-15)11(16)17/h3-4H,5-8H2,1-2H3,(H,14,18)(H,16,17). The Hall–Kier alpha value is -1.56. The third-order valence-electron chi connectivity index (χ3n) is 3.49. The number of hydrogen-bond donors (Lipinski definition) is 2. The van der Waals surface area contributed by atoms with E-state index in [1.54, 1.807) is 23.2 Å². The minimum Gasteiger partial charge on any atom is -0.481 e. The highest BCUT2D eigenvalue weighted by atomic mass is 32.1. The zero-order valence-electron chi connectivity index (χ0n) is 11.1. The van der Waals surface area contributed by atoms with Gasteiger partial charge in [-0.3, -0.25) is 4.79 Å². The van der Waals surface area contributed by atoms with Crippen molar-refractivity contribution < 1.29 is 14.7 Å². The lowest BCUT2D eigenvalue weighted by molar-refractivity contribution is -0.146. The van der Waals surface area contributed by atoms with Crippen LogP contribution in [0, 0.1) is 12.3 Å². The van der Waals surface area contributed by atoms with Crippen molar-refractivity contribution in [2.24, 2.45) is 5.41 Å². The highest BCUT2D eigenvalue weighted by Crippen LogP contribution is 2.30. The van der Waals surface area contributed by atoms with E-state index >= 15 is 0 Å². The first-order chi connectivity index (χ1) is 8.90. The van der Waals surface area contributed by atoms with E-state index in [0.717, 1.165) is 4.88 Å². The molecular formula is C13H18N2O3S. The summed E-state index contributed by atoms with van der Waals surface area (Å²) in [6.07, 6.45) is 0.508. The summed E-state index contributed by atoms with van der Waals surface area (Å²) in [5.41, 5.74) is -0.809. The number of nitrogens with one attached hydrogen (secondary N) is 1. The minimum atomic E-state index is -0.836.